The molecule has 1 nitrogen and oxygen atoms in total. The van der Waals surface area contributed by atoms with Gasteiger partial charge >= 0.3 is 0 Å². The smallest absolute Gasteiger partial charge is 0.0444 e. The number of hydrogen-bond donors (Lipinski definition) is 1. The first kappa shape index (κ1) is 13.7. The molecule has 2 heteroatoms. The number of rotatable bonds is 3. The molecule has 1 fully saturated rings. The van der Waals surface area contributed by atoms with Crippen LogP contribution in [0, 0.1) is 13.8 Å². The Kier molecular flexibility index (Phi) is 3.57. The van der Waals surface area contributed by atoms with E-state index in [4.69, 9.17) is 11.6 Å². The zero-order valence-corrected chi connectivity index (χ0v) is 12.8. The molecule has 1 aliphatic heterocycles. The predicted octanol–water partition coefficient (Wildman–Crippen LogP) is 4.04. The van der Waals surface area contributed by atoms with Crippen LogP contribution in [0.25, 0.3) is 0 Å². The Morgan fingerprint density at radius 2 is 1.70 bits per heavy atom. The molecule has 0 aromatic heterocycles. The molecule has 0 saturated carbocycles. The second kappa shape index (κ2) is 5.23. The molecule has 0 radical (unpaired) electrons. The quantitative estimate of drug-likeness (QED) is 0.897. The van der Waals surface area contributed by atoms with Gasteiger partial charge in [-0.25, -0.2) is 0 Å². The van der Waals surface area contributed by atoms with Crippen LogP contribution in [0.15, 0.2) is 42.5 Å². The van der Waals surface area contributed by atoms with Crippen molar-refractivity contribution in [1.29, 1.82) is 0 Å². The van der Waals surface area contributed by atoms with Crippen LogP contribution in [-0.4, -0.2) is 13.1 Å². The normalized spacial score (nSPS) is 16.8. The van der Waals surface area contributed by atoms with Gasteiger partial charge in [-0.15, -0.1) is 0 Å². The van der Waals surface area contributed by atoms with E-state index in [0.717, 1.165) is 24.5 Å². The Labute approximate surface area is 126 Å². The van der Waals surface area contributed by atoms with Gasteiger partial charge in [-0.3, -0.25) is 0 Å². The maximum absolute atomic E-state index is 6.42. The molecule has 1 aliphatic rings. The molecular weight excluding hydrogens is 266 g/mol. The maximum atomic E-state index is 6.42. The van der Waals surface area contributed by atoms with Crippen LogP contribution in [0.2, 0.25) is 5.02 Å². The van der Waals surface area contributed by atoms with Gasteiger partial charge in [0.25, 0.3) is 0 Å². The van der Waals surface area contributed by atoms with Crippen molar-refractivity contribution < 1.29 is 0 Å². The summed E-state index contributed by atoms with van der Waals surface area (Å²) in [5, 5.41) is 4.31. The summed E-state index contributed by atoms with van der Waals surface area (Å²) >= 11 is 6.42. The van der Waals surface area contributed by atoms with Gasteiger partial charge < -0.3 is 5.32 Å². The fraction of sp³-hybridized carbons (Fsp3) is 0.333. The van der Waals surface area contributed by atoms with E-state index >= 15 is 0 Å². The van der Waals surface area contributed by atoms with E-state index in [1.807, 2.05) is 12.1 Å². The fourth-order valence-electron chi connectivity index (χ4n) is 3.29. The summed E-state index contributed by atoms with van der Waals surface area (Å²) in [6.07, 6.45) is 1.05. The Balaban J connectivity index is 1.96. The van der Waals surface area contributed by atoms with Crippen molar-refractivity contribution in [3.8, 4) is 0 Å². The largest absolute Gasteiger partial charge is 0.315 e. The SMILES string of the molecule is Cc1cc(C)cc(CC2(c3ccccc3Cl)CNC2)c1. The van der Waals surface area contributed by atoms with Gasteiger partial charge in [0.1, 0.15) is 0 Å². The topological polar surface area (TPSA) is 12.0 Å². The van der Waals surface area contributed by atoms with Crippen molar-refractivity contribution >= 4 is 11.6 Å². The molecule has 1 N–H and O–H groups in total. The van der Waals surface area contributed by atoms with Crippen LogP contribution in [0.1, 0.15) is 22.3 Å². The molecule has 0 aliphatic carbocycles. The van der Waals surface area contributed by atoms with Gasteiger partial charge in [0.05, 0.1) is 0 Å². The summed E-state index contributed by atoms with van der Waals surface area (Å²) in [5.41, 5.74) is 5.50. The van der Waals surface area contributed by atoms with Crippen molar-refractivity contribution in [3.63, 3.8) is 0 Å². The van der Waals surface area contributed by atoms with E-state index in [1.54, 1.807) is 0 Å². The molecule has 1 heterocycles. The highest BCUT2D eigenvalue weighted by Gasteiger charge is 2.39. The van der Waals surface area contributed by atoms with Crippen molar-refractivity contribution in [2.24, 2.45) is 0 Å². The third kappa shape index (κ3) is 2.48. The third-order valence-corrected chi connectivity index (χ3v) is 4.53. The summed E-state index contributed by atoms with van der Waals surface area (Å²) in [6, 6.07) is 15.1. The summed E-state index contributed by atoms with van der Waals surface area (Å²) in [4.78, 5) is 0. The van der Waals surface area contributed by atoms with Crippen LogP contribution in [0.3, 0.4) is 0 Å². The fourth-order valence-corrected chi connectivity index (χ4v) is 3.63. The van der Waals surface area contributed by atoms with Gasteiger partial charge in [-0.05, 0) is 37.5 Å². The average Bonchev–Trinajstić information content (AvgIpc) is 2.34. The zero-order chi connectivity index (χ0) is 14.2. The molecule has 104 valence electrons. The molecule has 0 amide bonds. The van der Waals surface area contributed by atoms with Crippen molar-refractivity contribution in [2.45, 2.75) is 25.7 Å². The minimum absolute atomic E-state index is 0.151. The lowest BCUT2D eigenvalue weighted by Crippen LogP contribution is -2.58. The monoisotopic (exact) mass is 285 g/mol. The van der Waals surface area contributed by atoms with E-state index in [1.165, 1.54) is 22.3 Å². The number of halogens is 1. The summed E-state index contributed by atoms with van der Waals surface area (Å²) in [6.45, 7) is 6.34. The van der Waals surface area contributed by atoms with E-state index in [-0.39, 0.29) is 5.41 Å². The number of hydrogen-bond acceptors (Lipinski definition) is 1. The van der Waals surface area contributed by atoms with E-state index in [9.17, 15) is 0 Å². The molecule has 0 bridgehead atoms. The number of aryl methyl sites for hydroxylation is 2. The lowest BCUT2D eigenvalue weighted by atomic mass is 9.71. The summed E-state index contributed by atoms with van der Waals surface area (Å²) < 4.78 is 0. The van der Waals surface area contributed by atoms with Crippen LogP contribution < -0.4 is 5.32 Å². The second-order valence-corrected chi connectivity index (χ2v) is 6.44. The van der Waals surface area contributed by atoms with Gasteiger partial charge in [0, 0.05) is 23.5 Å². The molecule has 0 spiro atoms. The highest BCUT2D eigenvalue weighted by atomic mass is 35.5. The van der Waals surface area contributed by atoms with Crippen LogP contribution in [-0.2, 0) is 11.8 Å². The van der Waals surface area contributed by atoms with Crippen molar-refractivity contribution in [1.82, 2.24) is 5.32 Å². The average molecular weight is 286 g/mol. The Morgan fingerprint density at radius 1 is 1.05 bits per heavy atom. The molecule has 3 rings (SSSR count). The first-order valence-electron chi connectivity index (χ1n) is 7.12. The molecule has 0 atom stereocenters. The number of benzene rings is 2. The van der Waals surface area contributed by atoms with Gasteiger partial charge in [-0.2, -0.15) is 0 Å². The lowest BCUT2D eigenvalue weighted by Gasteiger charge is -2.44. The first-order valence-corrected chi connectivity index (χ1v) is 7.50. The Hall–Kier alpha value is -1.31. The van der Waals surface area contributed by atoms with E-state index < -0.39 is 0 Å². The molecule has 1 saturated heterocycles. The molecular formula is C18H20ClN. The van der Waals surface area contributed by atoms with Crippen LogP contribution in [0.5, 0.6) is 0 Å². The molecule has 2 aromatic rings. The Morgan fingerprint density at radius 3 is 2.25 bits per heavy atom. The van der Waals surface area contributed by atoms with Gasteiger partial charge in [0.15, 0.2) is 0 Å². The number of nitrogens with one attached hydrogen (secondary N) is 1. The molecule has 2 aromatic carbocycles. The lowest BCUT2D eigenvalue weighted by molar-refractivity contribution is 0.275. The Bertz CT molecular complexity index is 609. The first-order chi connectivity index (χ1) is 9.59. The molecule has 20 heavy (non-hydrogen) atoms. The minimum atomic E-state index is 0.151. The summed E-state index contributed by atoms with van der Waals surface area (Å²) in [7, 11) is 0. The molecule has 0 unspecified atom stereocenters. The van der Waals surface area contributed by atoms with E-state index in [0.29, 0.717) is 0 Å². The van der Waals surface area contributed by atoms with Gasteiger partial charge in [0.2, 0.25) is 0 Å². The van der Waals surface area contributed by atoms with Crippen molar-refractivity contribution in [2.75, 3.05) is 13.1 Å². The maximum Gasteiger partial charge on any atom is 0.0444 e. The van der Waals surface area contributed by atoms with Crippen molar-refractivity contribution in [3.05, 3.63) is 69.7 Å². The van der Waals surface area contributed by atoms with E-state index in [2.05, 4.69) is 49.5 Å². The summed E-state index contributed by atoms with van der Waals surface area (Å²) in [5.74, 6) is 0. The highest BCUT2D eigenvalue weighted by molar-refractivity contribution is 6.31. The van der Waals surface area contributed by atoms with Gasteiger partial charge in [-0.1, -0.05) is 59.1 Å². The van der Waals surface area contributed by atoms with Crippen LogP contribution >= 0.6 is 11.6 Å². The minimum Gasteiger partial charge on any atom is -0.315 e. The van der Waals surface area contributed by atoms with Crippen LogP contribution in [0.4, 0.5) is 0 Å². The zero-order valence-electron chi connectivity index (χ0n) is 12.0. The third-order valence-electron chi connectivity index (χ3n) is 4.20. The highest BCUT2D eigenvalue weighted by Crippen LogP contribution is 2.36. The standard InChI is InChI=1S/C18H20ClN/c1-13-7-14(2)9-15(8-13)10-18(11-20-12-18)16-5-3-4-6-17(16)19/h3-9,20H,10-12H2,1-2H3. The predicted molar refractivity (Wildman–Crippen MR) is 85.6 cm³/mol. The second-order valence-electron chi connectivity index (χ2n) is 6.04.